The molecule has 2 N–H and O–H groups in total. The van der Waals surface area contributed by atoms with Gasteiger partial charge in [0, 0.05) is 0 Å². The third-order valence-corrected chi connectivity index (χ3v) is 4.11. The molecule has 0 radical (unpaired) electrons. The van der Waals surface area contributed by atoms with E-state index >= 15 is 0 Å². The number of aromatic amines is 1. The third kappa shape index (κ3) is 2.15. The fraction of sp³-hybridized carbons (Fsp3) is 0.176. The van der Waals surface area contributed by atoms with Crippen molar-refractivity contribution >= 4 is 16.9 Å². The van der Waals surface area contributed by atoms with Crippen LogP contribution in [0.5, 0.6) is 0 Å². The van der Waals surface area contributed by atoms with Crippen molar-refractivity contribution in [2.75, 3.05) is 5.32 Å². The molecule has 0 saturated heterocycles. The van der Waals surface area contributed by atoms with E-state index < -0.39 is 0 Å². The molecule has 0 aliphatic heterocycles. The van der Waals surface area contributed by atoms with Gasteiger partial charge in [-0.1, -0.05) is 18.2 Å². The zero-order valence-electron chi connectivity index (χ0n) is 11.8. The summed E-state index contributed by atoms with van der Waals surface area (Å²) in [4.78, 5) is 19.3. The van der Waals surface area contributed by atoms with E-state index in [9.17, 15) is 9.18 Å². The van der Waals surface area contributed by atoms with E-state index in [4.69, 9.17) is 0 Å². The Hall–Kier alpha value is -2.69. The van der Waals surface area contributed by atoms with Crippen LogP contribution in [0.1, 0.15) is 23.6 Å². The molecule has 1 aromatic heterocycles. The standard InChI is InChI=1S/C17H14FN3O/c18-11-6-7-12-10(9-11)5-8-15(12)20-17-19-14-4-2-1-3-13(14)16(22)21-17/h1-4,6-7,9,15H,5,8H2,(H2,19,20,21,22). The highest BCUT2D eigenvalue weighted by atomic mass is 19.1. The summed E-state index contributed by atoms with van der Waals surface area (Å²) < 4.78 is 13.3. The summed E-state index contributed by atoms with van der Waals surface area (Å²) in [6.45, 7) is 0. The molecule has 1 aliphatic rings. The zero-order valence-corrected chi connectivity index (χ0v) is 11.8. The highest BCUT2D eigenvalue weighted by Crippen LogP contribution is 2.33. The van der Waals surface area contributed by atoms with Crippen molar-refractivity contribution < 1.29 is 4.39 Å². The van der Waals surface area contributed by atoms with Gasteiger partial charge in [0.05, 0.1) is 16.9 Å². The van der Waals surface area contributed by atoms with Crippen LogP contribution >= 0.6 is 0 Å². The molecule has 3 aromatic rings. The number of rotatable bonds is 2. The lowest BCUT2D eigenvalue weighted by atomic mass is 10.1. The number of nitrogens with zero attached hydrogens (tertiary/aromatic N) is 1. The highest BCUT2D eigenvalue weighted by Gasteiger charge is 2.23. The number of fused-ring (bicyclic) bond motifs is 2. The van der Waals surface area contributed by atoms with Crippen LogP contribution < -0.4 is 10.9 Å². The minimum Gasteiger partial charge on any atom is -0.349 e. The number of benzene rings is 2. The van der Waals surface area contributed by atoms with Gasteiger partial charge in [-0.15, -0.1) is 0 Å². The number of hydrogen-bond acceptors (Lipinski definition) is 3. The van der Waals surface area contributed by atoms with Gasteiger partial charge in [-0.25, -0.2) is 9.37 Å². The molecule has 0 amide bonds. The molecule has 1 unspecified atom stereocenters. The van der Waals surface area contributed by atoms with E-state index in [0.29, 0.717) is 16.9 Å². The number of anilines is 1. The van der Waals surface area contributed by atoms with E-state index in [1.807, 2.05) is 18.2 Å². The number of aryl methyl sites for hydroxylation is 1. The largest absolute Gasteiger partial charge is 0.349 e. The van der Waals surface area contributed by atoms with Gasteiger partial charge in [-0.2, -0.15) is 0 Å². The lowest BCUT2D eigenvalue weighted by Crippen LogP contribution is -2.16. The lowest BCUT2D eigenvalue weighted by Gasteiger charge is -2.14. The average molecular weight is 295 g/mol. The van der Waals surface area contributed by atoms with Gasteiger partial charge >= 0.3 is 0 Å². The second kappa shape index (κ2) is 4.94. The van der Waals surface area contributed by atoms with Crippen molar-refractivity contribution in [2.45, 2.75) is 18.9 Å². The first-order valence-electron chi connectivity index (χ1n) is 7.24. The summed E-state index contributed by atoms with van der Waals surface area (Å²) in [6, 6.07) is 12.1. The van der Waals surface area contributed by atoms with Crippen LogP contribution in [-0.2, 0) is 6.42 Å². The van der Waals surface area contributed by atoms with Crippen LogP contribution in [0.25, 0.3) is 10.9 Å². The monoisotopic (exact) mass is 295 g/mol. The van der Waals surface area contributed by atoms with E-state index in [-0.39, 0.29) is 17.4 Å². The molecule has 4 rings (SSSR count). The second-order valence-corrected chi connectivity index (χ2v) is 5.51. The molecule has 0 fully saturated rings. The maximum atomic E-state index is 13.3. The molecular weight excluding hydrogens is 281 g/mol. The van der Waals surface area contributed by atoms with Gasteiger partial charge in [0.2, 0.25) is 5.95 Å². The van der Waals surface area contributed by atoms with Crippen LogP contribution in [0, 0.1) is 5.82 Å². The number of hydrogen-bond donors (Lipinski definition) is 2. The second-order valence-electron chi connectivity index (χ2n) is 5.51. The van der Waals surface area contributed by atoms with Gasteiger partial charge in [0.1, 0.15) is 5.82 Å². The van der Waals surface area contributed by atoms with Crippen molar-refractivity contribution in [3.05, 3.63) is 69.8 Å². The highest BCUT2D eigenvalue weighted by molar-refractivity contribution is 5.78. The Morgan fingerprint density at radius 3 is 3.00 bits per heavy atom. The van der Waals surface area contributed by atoms with E-state index in [1.165, 1.54) is 6.07 Å². The molecule has 0 saturated carbocycles. The molecule has 1 aliphatic carbocycles. The van der Waals surface area contributed by atoms with Crippen molar-refractivity contribution in [1.82, 2.24) is 9.97 Å². The quantitative estimate of drug-likeness (QED) is 0.763. The Balaban J connectivity index is 1.70. The molecular formula is C17H14FN3O. The summed E-state index contributed by atoms with van der Waals surface area (Å²) in [6.07, 6.45) is 1.68. The maximum Gasteiger partial charge on any atom is 0.260 e. The Kier molecular flexibility index (Phi) is 2.92. The Bertz CT molecular complexity index is 919. The molecule has 1 heterocycles. The van der Waals surface area contributed by atoms with Crippen molar-refractivity contribution in [1.29, 1.82) is 0 Å². The Morgan fingerprint density at radius 1 is 1.23 bits per heavy atom. The molecule has 4 nitrogen and oxygen atoms in total. The summed E-state index contributed by atoms with van der Waals surface area (Å²) in [5, 5.41) is 3.83. The van der Waals surface area contributed by atoms with E-state index in [2.05, 4.69) is 15.3 Å². The lowest BCUT2D eigenvalue weighted by molar-refractivity contribution is 0.626. The van der Waals surface area contributed by atoms with Crippen molar-refractivity contribution in [3.63, 3.8) is 0 Å². The third-order valence-electron chi connectivity index (χ3n) is 4.11. The van der Waals surface area contributed by atoms with Gasteiger partial charge in [0.15, 0.2) is 0 Å². The molecule has 0 bridgehead atoms. The summed E-state index contributed by atoms with van der Waals surface area (Å²) in [5.41, 5.74) is 2.58. The number of aromatic nitrogens is 2. The summed E-state index contributed by atoms with van der Waals surface area (Å²) in [7, 11) is 0. The van der Waals surface area contributed by atoms with Crippen LogP contribution in [0.4, 0.5) is 10.3 Å². The molecule has 2 aromatic carbocycles. The number of halogens is 1. The fourth-order valence-electron chi connectivity index (χ4n) is 3.06. The smallest absolute Gasteiger partial charge is 0.260 e. The first-order valence-corrected chi connectivity index (χ1v) is 7.24. The number of H-pyrrole nitrogens is 1. The first-order chi connectivity index (χ1) is 10.7. The Labute approximate surface area is 126 Å². The predicted octanol–water partition coefficient (Wildman–Crippen LogP) is 3.16. The molecule has 110 valence electrons. The Morgan fingerprint density at radius 2 is 2.09 bits per heavy atom. The SMILES string of the molecule is O=c1[nH]c(NC2CCc3cc(F)ccc32)nc2ccccc12. The maximum absolute atomic E-state index is 13.3. The van der Waals surface area contributed by atoms with Gasteiger partial charge in [-0.3, -0.25) is 9.78 Å². The number of para-hydroxylation sites is 1. The fourth-order valence-corrected chi connectivity index (χ4v) is 3.06. The molecule has 0 spiro atoms. The van der Waals surface area contributed by atoms with Crippen LogP contribution in [0.15, 0.2) is 47.3 Å². The van der Waals surface area contributed by atoms with E-state index in [0.717, 1.165) is 24.0 Å². The molecule has 1 atom stereocenters. The average Bonchev–Trinajstić information content (AvgIpc) is 2.89. The van der Waals surface area contributed by atoms with E-state index in [1.54, 1.807) is 18.2 Å². The van der Waals surface area contributed by atoms with Crippen molar-refractivity contribution in [3.8, 4) is 0 Å². The van der Waals surface area contributed by atoms with Gasteiger partial charge in [-0.05, 0) is 48.2 Å². The van der Waals surface area contributed by atoms with Gasteiger partial charge < -0.3 is 5.32 Å². The van der Waals surface area contributed by atoms with Gasteiger partial charge in [0.25, 0.3) is 5.56 Å². The minimum absolute atomic E-state index is 0.0416. The first kappa shape index (κ1) is 13.0. The van der Waals surface area contributed by atoms with Crippen LogP contribution in [-0.4, -0.2) is 9.97 Å². The predicted molar refractivity (Wildman–Crippen MR) is 83.4 cm³/mol. The topological polar surface area (TPSA) is 57.8 Å². The van der Waals surface area contributed by atoms with Crippen LogP contribution in [0.2, 0.25) is 0 Å². The minimum atomic E-state index is -0.211. The molecule has 22 heavy (non-hydrogen) atoms. The normalized spacial score (nSPS) is 16.7. The molecule has 5 heteroatoms. The van der Waals surface area contributed by atoms with Crippen LogP contribution in [0.3, 0.4) is 0 Å². The van der Waals surface area contributed by atoms with Crippen molar-refractivity contribution in [2.24, 2.45) is 0 Å². The summed E-state index contributed by atoms with van der Waals surface area (Å²) in [5.74, 6) is 0.238. The number of nitrogens with one attached hydrogen (secondary N) is 2. The summed E-state index contributed by atoms with van der Waals surface area (Å²) >= 11 is 0. The zero-order chi connectivity index (χ0) is 15.1.